The lowest BCUT2D eigenvalue weighted by molar-refractivity contribution is -0.261. The van der Waals surface area contributed by atoms with Crippen LogP contribution in [0.2, 0.25) is 5.15 Å². The third-order valence-electron chi connectivity index (χ3n) is 8.08. The van der Waals surface area contributed by atoms with Crippen molar-refractivity contribution in [2.75, 3.05) is 45.7 Å². The maximum atomic E-state index is 14.0. The highest BCUT2D eigenvalue weighted by Crippen LogP contribution is 2.41. The molecule has 0 spiro atoms. The molecule has 41 heavy (non-hydrogen) atoms. The van der Waals surface area contributed by atoms with Crippen LogP contribution in [-0.2, 0) is 10.4 Å². The number of likely N-dealkylation sites (N-methyl/N-ethyl adjacent to an activating group) is 1. The van der Waals surface area contributed by atoms with Crippen LogP contribution in [0.4, 0.5) is 19.0 Å². The van der Waals surface area contributed by atoms with E-state index in [1.807, 2.05) is 6.07 Å². The number of alkyl halides is 3. The summed E-state index contributed by atoms with van der Waals surface area (Å²) in [4.78, 5) is 34.8. The number of carbonyl (C=O) groups excluding carboxylic acids is 2. The lowest BCUT2D eigenvalue weighted by Gasteiger charge is -2.34. The average Bonchev–Trinajstić information content (AvgIpc) is 3.81. The van der Waals surface area contributed by atoms with Gasteiger partial charge in [-0.05, 0) is 68.7 Å². The molecule has 1 saturated carbocycles. The Morgan fingerprint density at radius 1 is 1.12 bits per heavy atom. The largest absolute Gasteiger partial charge is 0.497 e. The molecule has 1 aromatic heterocycles. The maximum absolute atomic E-state index is 14.0. The van der Waals surface area contributed by atoms with Crippen LogP contribution in [0.3, 0.4) is 0 Å². The molecule has 2 heterocycles. The molecule has 1 atom stereocenters. The Hall–Kier alpha value is -3.05. The molecule has 4 rings (SSSR count). The number of aromatic nitrogens is 1. The summed E-state index contributed by atoms with van der Waals surface area (Å²) in [6, 6.07) is 8.63. The minimum Gasteiger partial charge on any atom is -0.497 e. The standard InChI is InChI=1S/C29H36ClF3N4O4/c1-35(27(39)28(40,29(31,32)33)20-7-4-8-22(18-20)41-3)15-5-6-19-13-16-37(17-14-19)24-12-11-23(25(30)34-24)26(38)36(2)21-9-10-21/h4,7-8,11-12,18-19,21,40H,5-6,9-10,13-17H2,1-3H3/t28-/m1/s1. The highest BCUT2D eigenvalue weighted by atomic mass is 35.5. The molecule has 12 heteroatoms. The van der Waals surface area contributed by atoms with Gasteiger partial charge in [-0.15, -0.1) is 0 Å². The van der Waals surface area contributed by atoms with Crippen molar-refractivity contribution in [3.63, 3.8) is 0 Å². The summed E-state index contributed by atoms with van der Waals surface area (Å²) in [5.74, 6) is -0.418. The van der Waals surface area contributed by atoms with Gasteiger partial charge in [-0.1, -0.05) is 23.7 Å². The number of methoxy groups -OCH3 is 1. The molecule has 2 aromatic rings. The minimum atomic E-state index is -5.22. The van der Waals surface area contributed by atoms with Gasteiger partial charge in [0.2, 0.25) is 0 Å². The zero-order valence-electron chi connectivity index (χ0n) is 23.5. The Morgan fingerprint density at radius 3 is 2.39 bits per heavy atom. The van der Waals surface area contributed by atoms with Gasteiger partial charge in [0.15, 0.2) is 0 Å². The van der Waals surface area contributed by atoms with Crippen LogP contribution >= 0.6 is 11.6 Å². The molecule has 0 radical (unpaired) electrons. The predicted molar refractivity (Wildman–Crippen MR) is 149 cm³/mol. The average molecular weight is 597 g/mol. The second-order valence-corrected chi connectivity index (χ2v) is 11.3. The van der Waals surface area contributed by atoms with Gasteiger partial charge in [0.25, 0.3) is 17.4 Å². The molecule has 1 N–H and O–H groups in total. The van der Waals surface area contributed by atoms with Crippen molar-refractivity contribution in [2.24, 2.45) is 5.92 Å². The summed E-state index contributed by atoms with van der Waals surface area (Å²) in [6.07, 6.45) is -0.291. The number of hydrogen-bond donors (Lipinski definition) is 1. The van der Waals surface area contributed by atoms with Crippen molar-refractivity contribution in [1.82, 2.24) is 14.8 Å². The molecule has 1 aromatic carbocycles. The minimum absolute atomic E-state index is 0.0728. The van der Waals surface area contributed by atoms with Crippen molar-refractivity contribution in [3.05, 3.63) is 52.7 Å². The van der Waals surface area contributed by atoms with E-state index in [1.165, 1.54) is 26.3 Å². The van der Waals surface area contributed by atoms with Gasteiger partial charge >= 0.3 is 6.18 Å². The van der Waals surface area contributed by atoms with Crippen LogP contribution in [0.1, 0.15) is 54.4 Å². The monoisotopic (exact) mass is 596 g/mol. The normalized spacial score (nSPS) is 17.6. The first-order chi connectivity index (χ1) is 19.4. The molecule has 1 aliphatic heterocycles. The Bertz CT molecular complexity index is 1250. The number of ether oxygens (including phenoxy) is 1. The fraction of sp³-hybridized carbons (Fsp3) is 0.552. The lowest BCUT2D eigenvalue weighted by atomic mass is 9.90. The molecule has 0 bridgehead atoms. The second kappa shape index (κ2) is 12.4. The molecule has 2 amide bonds. The topological polar surface area (TPSA) is 86.2 Å². The van der Waals surface area contributed by atoms with Crippen LogP contribution in [0.5, 0.6) is 5.75 Å². The molecule has 224 valence electrons. The summed E-state index contributed by atoms with van der Waals surface area (Å²) in [5.41, 5.74) is -3.87. The summed E-state index contributed by atoms with van der Waals surface area (Å²) in [5, 5.41) is 10.9. The summed E-state index contributed by atoms with van der Waals surface area (Å²) in [7, 11) is 4.34. The van der Waals surface area contributed by atoms with E-state index >= 15 is 0 Å². The van der Waals surface area contributed by atoms with Crippen LogP contribution in [0.25, 0.3) is 0 Å². The number of rotatable bonds is 10. The SMILES string of the molecule is COc1cccc([C@@](O)(C(=O)N(C)CCCC2CCN(c3ccc(C(=O)N(C)C4CC4)c(Cl)n3)CC2)C(F)(F)F)c1. The first kappa shape index (κ1) is 30.9. The van der Waals surface area contributed by atoms with E-state index in [-0.39, 0.29) is 29.4 Å². The summed E-state index contributed by atoms with van der Waals surface area (Å²) >= 11 is 6.37. The van der Waals surface area contributed by atoms with E-state index in [0.29, 0.717) is 23.7 Å². The molecule has 0 unspecified atom stereocenters. The number of piperidine rings is 1. The van der Waals surface area contributed by atoms with Crippen LogP contribution in [0, 0.1) is 5.92 Å². The Kier molecular flexibility index (Phi) is 9.38. The van der Waals surface area contributed by atoms with Gasteiger partial charge in [0, 0.05) is 45.3 Å². The van der Waals surface area contributed by atoms with Crippen molar-refractivity contribution in [3.8, 4) is 5.75 Å². The summed E-state index contributed by atoms with van der Waals surface area (Å²) < 4.78 is 47.0. The Labute approximate surface area is 243 Å². The smallest absolute Gasteiger partial charge is 0.430 e. The van der Waals surface area contributed by atoms with Gasteiger partial charge in [0.05, 0.1) is 12.7 Å². The van der Waals surface area contributed by atoms with E-state index < -0.39 is 23.2 Å². The number of benzene rings is 1. The number of pyridine rings is 1. The fourth-order valence-corrected chi connectivity index (χ4v) is 5.51. The predicted octanol–water partition coefficient (Wildman–Crippen LogP) is 4.88. The van der Waals surface area contributed by atoms with E-state index in [1.54, 1.807) is 18.0 Å². The zero-order valence-corrected chi connectivity index (χ0v) is 24.2. The number of halogens is 4. The van der Waals surface area contributed by atoms with Crippen molar-refractivity contribution < 1.29 is 32.6 Å². The number of hydrogen-bond acceptors (Lipinski definition) is 6. The second-order valence-electron chi connectivity index (χ2n) is 10.9. The van der Waals surface area contributed by atoms with E-state index in [9.17, 15) is 27.9 Å². The number of amides is 2. The van der Waals surface area contributed by atoms with Gasteiger partial charge in [0.1, 0.15) is 16.7 Å². The molecule has 2 fully saturated rings. The molecular formula is C29H36ClF3N4O4. The van der Waals surface area contributed by atoms with Crippen molar-refractivity contribution in [1.29, 1.82) is 0 Å². The van der Waals surface area contributed by atoms with Gasteiger partial charge in [-0.2, -0.15) is 13.2 Å². The van der Waals surface area contributed by atoms with E-state index in [2.05, 4.69) is 9.88 Å². The molecular weight excluding hydrogens is 561 g/mol. The van der Waals surface area contributed by atoms with E-state index in [0.717, 1.165) is 62.2 Å². The van der Waals surface area contributed by atoms with Gasteiger partial charge < -0.3 is 24.5 Å². The van der Waals surface area contributed by atoms with Crippen molar-refractivity contribution in [2.45, 2.75) is 56.3 Å². The number of aliphatic hydroxyl groups is 1. The van der Waals surface area contributed by atoms with Crippen LogP contribution in [-0.4, -0.2) is 84.8 Å². The van der Waals surface area contributed by atoms with Crippen LogP contribution < -0.4 is 9.64 Å². The third kappa shape index (κ3) is 6.72. The Morgan fingerprint density at radius 2 is 1.80 bits per heavy atom. The molecule has 2 aliphatic rings. The number of nitrogens with zero attached hydrogens (tertiary/aromatic N) is 4. The van der Waals surface area contributed by atoms with Crippen molar-refractivity contribution >= 4 is 29.2 Å². The van der Waals surface area contributed by atoms with Gasteiger partial charge in [-0.25, -0.2) is 4.98 Å². The maximum Gasteiger partial charge on any atom is 0.430 e. The fourth-order valence-electron chi connectivity index (χ4n) is 5.28. The highest BCUT2D eigenvalue weighted by Gasteiger charge is 2.61. The molecule has 8 nitrogen and oxygen atoms in total. The summed E-state index contributed by atoms with van der Waals surface area (Å²) in [6.45, 7) is 1.52. The Balaban J connectivity index is 1.29. The zero-order chi connectivity index (χ0) is 29.9. The third-order valence-corrected chi connectivity index (χ3v) is 8.37. The molecule has 1 aliphatic carbocycles. The lowest BCUT2D eigenvalue weighted by Crippen LogP contribution is -2.55. The van der Waals surface area contributed by atoms with Crippen LogP contribution in [0.15, 0.2) is 36.4 Å². The number of carbonyl (C=O) groups is 2. The molecule has 1 saturated heterocycles. The van der Waals surface area contributed by atoms with E-state index in [4.69, 9.17) is 16.3 Å². The highest BCUT2D eigenvalue weighted by molar-refractivity contribution is 6.32. The number of anilines is 1. The quantitative estimate of drug-likeness (QED) is 0.394. The van der Waals surface area contributed by atoms with Gasteiger partial charge in [-0.3, -0.25) is 9.59 Å². The first-order valence-electron chi connectivity index (χ1n) is 13.7. The first-order valence-corrected chi connectivity index (χ1v) is 14.1.